The second kappa shape index (κ2) is 6.88. The van der Waals surface area contributed by atoms with Crippen LogP contribution in [0.2, 0.25) is 0 Å². The topological polar surface area (TPSA) is 49.4 Å². The van der Waals surface area contributed by atoms with Crippen LogP contribution in [0.4, 0.5) is 0 Å². The van der Waals surface area contributed by atoms with E-state index in [9.17, 15) is 9.59 Å². The molecule has 0 spiro atoms. The van der Waals surface area contributed by atoms with Crippen LogP contribution in [0.3, 0.4) is 0 Å². The van der Waals surface area contributed by atoms with E-state index in [0.717, 1.165) is 23.7 Å². The number of rotatable bonds is 3. The van der Waals surface area contributed by atoms with Crippen molar-refractivity contribution in [3.63, 3.8) is 0 Å². The summed E-state index contributed by atoms with van der Waals surface area (Å²) in [6, 6.07) is 7.64. The summed E-state index contributed by atoms with van der Waals surface area (Å²) >= 11 is 3.39. The van der Waals surface area contributed by atoms with Crippen molar-refractivity contribution >= 4 is 27.7 Å². The van der Waals surface area contributed by atoms with Gasteiger partial charge in [-0.1, -0.05) is 28.1 Å². The summed E-state index contributed by atoms with van der Waals surface area (Å²) in [6.45, 7) is 1.30. The fourth-order valence-electron chi connectivity index (χ4n) is 2.47. The Labute approximate surface area is 127 Å². The standard InChI is InChI=1S/C15H19BrN2O2/c1-17-14(19)12-6-8-18(9-7-12)15(20)13-4-2-11(10-16)3-5-13/h2-5,12H,6-10H2,1H3,(H,17,19). The van der Waals surface area contributed by atoms with E-state index in [-0.39, 0.29) is 17.7 Å². The smallest absolute Gasteiger partial charge is 0.253 e. The third kappa shape index (κ3) is 3.39. The summed E-state index contributed by atoms with van der Waals surface area (Å²) in [5.41, 5.74) is 1.87. The fraction of sp³-hybridized carbons (Fsp3) is 0.467. The molecule has 1 aromatic rings. The highest BCUT2D eigenvalue weighted by atomic mass is 79.9. The van der Waals surface area contributed by atoms with Gasteiger partial charge in [0.25, 0.3) is 5.91 Å². The lowest BCUT2D eigenvalue weighted by Crippen LogP contribution is -2.42. The van der Waals surface area contributed by atoms with Crippen molar-refractivity contribution in [2.24, 2.45) is 5.92 Å². The van der Waals surface area contributed by atoms with Crippen LogP contribution in [-0.4, -0.2) is 36.9 Å². The molecule has 2 amide bonds. The molecule has 0 atom stereocenters. The Morgan fingerprint density at radius 3 is 2.35 bits per heavy atom. The SMILES string of the molecule is CNC(=O)C1CCN(C(=O)c2ccc(CBr)cc2)CC1. The minimum atomic E-state index is 0.0415. The third-order valence-electron chi connectivity index (χ3n) is 3.75. The largest absolute Gasteiger partial charge is 0.359 e. The van der Waals surface area contributed by atoms with Crippen LogP contribution in [0.25, 0.3) is 0 Å². The average molecular weight is 339 g/mol. The Morgan fingerprint density at radius 2 is 1.85 bits per heavy atom. The first-order chi connectivity index (χ1) is 9.65. The number of hydrogen-bond acceptors (Lipinski definition) is 2. The number of carbonyl (C=O) groups is 2. The number of nitrogens with zero attached hydrogens (tertiary/aromatic N) is 1. The number of carbonyl (C=O) groups excluding carboxylic acids is 2. The van der Waals surface area contributed by atoms with Gasteiger partial charge in [0.2, 0.25) is 5.91 Å². The molecule has 0 saturated carbocycles. The predicted octanol–water partition coefficient (Wildman–Crippen LogP) is 2.18. The molecular weight excluding hydrogens is 320 g/mol. The maximum Gasteiger partial charge on any atom is 0.253 e. The first kappa shape index (κ1) is 15.0. The minimum Gasteiger partial charge on any atom is -0.359 e. The molecule has 2 rings (SSSR count). The summed E-state index contributed by atoms with van der Waals surface area (Å²) in [4.78, 5) is 25.8. The van der Waals surface area contributed by atoms with Crippen molar-refractivity contribution < 1.29 is 9.59 Å². The molecule has 4 nitrogen and oxygen atoms in total. The van der Waals surface area contributed by atoms with E-state index >= 15 is 0 Å². The number of piperidine rings is 1. The number of benzene rings is 1. The first-order valence-electron chi connectivity index (χ1n) is 6.81. The normalized spacial score (nSPS) is 16.0. The Balaban J connectivity index is 1.95. The van der Waals surface area contributed by atoms with E-state index < -0.39 is 0 Å². The van der Waals surface area contributed by atoms with Crippen molar-refractivity contribution in [1.29, 1.82) is 0 Å². The zero-order valence-electron chi connectivity index (χ0n) is 11.6. The lowest BCUT2D eigenvalue weighted by Gasteiger charge is -2.31. The summed E-state index contributed by atoms with van der Waals surface area (Å²) in [6.07, 6.45) is 1.48. The lowest BCUT2D eigenvalue weighted by atomic mass is 9.95. The number of nitrogens with one attached hydrogen (secondary N) is 1. The first-order valence-corrected chi connectivity index (χ1v) is 7.93. The van der Waals surface area contributed by atoms with Gasteiger partial charge in [-0.25, -0.2) is 0 Å². The molecule has 1 heterocycles. The molecule has 1 saturated heterocycles. The Kier molecular flexibility index (Phi) is 5.17. The molecular formula is C15H19BrN2O2. The maximum absolute atomic E-state index is 12.4. The van der Waals surface area contributed by atoms with Crippen molar-refractivity contribution in [1.82, 2.24) is 10.2 Å². The second-order valence-corrected chi connectivity index (χ2v) is 5.57. The molecule has 0 bridgehead atoms. The molecule has 0 aromatic heterocycles. The molecule has 1 fully saturated rings. The number of hydrogen-bond donors (Lipinski definition) is 1. The Morgan fingerprint density at radius 1 is 1.25 bits per heavy atom. The van der Waals surface area contributed by atoms with Gasteiger partial charge in [-0.15, -0.1) is 0 Å². The molecule has 20 heavy (non-hydrogen) atoms. The molecule has 1 aliphatic heterocycles. The third-order valence-corrected chi connectivity index (χ3v) is 4.40. The van der Waals surface area contributed by atoms with Crippen molar-refractivity contribution in [3.05, 3.63) is 35.4 Å². The van der Waals surface area contributed by atoms with Gasteiger partial charge in [-0.2, -0.15) is 0 Å². The highest BCUT2D eigenvalue weighted by Crippen LogP contribution is 2.19. The van der Waals surface area contributed by atoms with Gasteiger partial charge in [-0.05, 0) is 30.5 Å². The molecule has 1 aromatic carbocycles. The molecule has 5 heteroatoms. The molecule has 0 aliphatic carbocycles. The van der Waals surface area contributed by atoms with Gasteiger partial charge < -0.3 is 10.2 Å². The lowest BCUT2D eigenvalue weighted by molar-refractivity contribution is -0.125. The van der Waals surface area contributed by atoms with Crippen LogP contribution < -0.4 is 5.32 Å². The highest BCUT2D eigenvalue weighted by Gasteiger charge is 2.27. The van der Waals surface area contributed by atoms with E-state index in [1.165, 1.54) is 0 Å². The fourth-order valence-corrected chi connectivity index (χ4v) is 2.84. The molecule has 1 N–H and O–H groups in total. The predicted molar refractivity (Wildman–Crippen MR) is 81.8 cm³/mol. The van der Waals surface area contributed by atoms with E-state index in [2.05, 4.69) is 21.2 Å². The zero-order chi connectivity index (χ0) is 14.5. The molecule has 1 aliphatic rings. The summed E-state index contributed by atoms with van der Waals surface area (Å²) in [7, 11) is 1.66. The number of amides is 2. The van der Waals surface area contributed by atoms with E-state index in [1.54, 1.807) is 7.05 Å². The quantitative estimate of drug-likeness (QED) is 0.858. The molecule has 108 valence electrons. The zero-order valence-corrected chi connectivity index (χ0v) is 13.1. The van der Waals surface area contributed by atoms with Crippen LogP contribution in [0.15, 0.2) is 24.3 Å². The van der Waals surface area contributed by atoms with Gasteiger partial charge in [0.1, 0.15) is 0 Å². The van der Waals surface area contributed by atoms with Crippen molar-refractivity contribution in [2.45, 2.75) is 18.2 Å². The van der Waals surface area contributed by atoms with Crippen LogP contribution in [0.1, 0.15) is 28.8 Å². The van der Waals surface area contributed by atoms with Gasteiger partial charge in [0.05, 0.1) is 0 Å². The van der Waals surface area contributed by atoms with E-state index in [4.69, 9.17) is 0 Å². The number of likely N-dealkylation sites (tertiary alicyclic amines) is 1. The second-order valence-electron chi connectivity index (χ2n) is 5.01. The van der Waals surface area contributed by atoms with Gasteiger partial charge in [-0.3, -0.25) is 9.59 Å². The van der Waals surface area contributed by atoms with Crippen LogP contribution in [0, 0.1) is 5.92 Å². The van der Waals surface area contributed by atoms with Gasteiger partial charge in [0, 0.05) is 36.9 Å². The monoisotopic (exact) mass is 338 g/mol. The van der Waals surface area contributed by atoms with Gasteiger partial charge in [0.15, 0.2) is 0 Å². The number of halogens is 1. The molecule has 0 unspecified atom stereocenters. The number of alkyl halides is 1. The summed E-state index contributed by atoms with van der Waals surface area (Å²) in [5, 5.41) is 3.47. The minimum absolute atomic E-state index is 0.0415. The van der Waals surface area contributed by atoms with Crippen LogP contribution in [0.5, 0.6) is 0 Å². The Hall–Kier alpha value is -1.36. The summed E-state index contributed by atoms with van der Waals surface area (Å²) in [5.74, 6) is 0.181. The van der Waals surface area contributed by atoms with Gasteiger partial charge >= 0.3 is 0 Å². The highest BCUT2D eigenvalue weighted by molar-refractivity contribution is 9.08. The van der Waals surface area contributed by atoms with E-state index in [1.807, 2.05) is 29.2 Å². The summed E-state index contributed by atoms with van der Waals surface area (Å²) < 4.78 is 0. The van der Waals surface area contributed by atoms with Crippen LogP contribution >= 0.6 is 15.9 Å². The van der Waals surface area contributed by atoms with Crippen molar-refractivity contribution in [2.75, 3.05) is 20.1 Å². The van der Waals surface area contributed by atoms with Crippen LogP contribution in [-0.2, 0) is 10.1 Å². The average Bonchev–Trinajstić information content (AvgIpc) is 2.53. The Bertz CT molecular complexity index is 479. The van der Waals surface area contributed by atoms with Crippen molar-refractivity contribution in [3.8, 4) is 0 Å². The molecule has 0 radical (unpaired) electrons. The maximum atomic E-state index is 12.4. The van der Waals surface area contributed by atoms with E-state index in [0.29, 0.717) is 18.7 Å².